The van der Waals surface area contributed by atoms with E-state index in [1.165, 1.54) is 12.1 Å². The topological polar surface area (TPSA) is 270 Å². The first-order valence-electron chi connectivity index (χ1n) is 5.31. The molecule has 23 heavy (non-hydrogen) atoms. The maximum Gasteiger partial charge on any atom is 0.394 e. The average molecular weight is 350 g/mol. The van der Waals surface area contributed by atoms with Gasteiger partial charge in [-0.05, 0) is 0 Å². The Balaban J connectivity index is 0.000000332. The van der Waals surface area contributed by atoms with Gasteiger partial charge in [0, 0.05) is 12.1 Å². The summed E-state index contributed by atoms with van der Waals surface area (Å²) in [6.45, 7) is 0. The summed E-state index contributed by atoms with van der Waals surface area (Å²) in [5, 5.41) is 0. The van der Waals surface area contributed by atoms with Gasteiger partial charge in [0.1, 0.15) is 23.3 Å². The molecule has 2 rings (SSSR count). The number of H-pyrrole nitrogens is 2. The fraction of sp³-hybridized carbons (Fsp3) is 0. The summed E-state index contributed by atoms with van der Waals surface area (Å²) in [5.74, 6) is 0.729. The van der Waals surface area contributed by atoms with E-state index < -0.39 is 21.8 Å². The van der Waals surface area contributed by atoms with Crippen molar-refractivity contribution in [2.75, 3.05) is 22.9 Å². The van der Waals surface area contributed by atoms with Crippen LogP contribution in [0.1, 0.15) is 0 Å². The smallest absolute Gasteiger partial charge is 0.385 e. The number of nitrogens with two attached hydrogens (primary N) is 4. The number of nitrogens with zero attached hydrogens (tertiary/aromatic N) is 2. The molecule has 2 aromatic heterocycles. The monoisotopic (exact) mass is 350 g/mol. The molecule has 15 heteroatoms. The van der Waals surface area contributed by atoms with Crippen molar-refractivity contribution >= 4 is 33.7 Å². The Morgan fingerprint density at radius 1 is 0.826 bits per heavy atom. The van der Waals surface area contributed by atoms with E-state index in [4.69, 9.17) is 40.5 Å². The van der Waals surface area contributed by atoms with Gasteiger partial charge < -0.3 is 22.9 Å². The number of hydrogen-bond acceptors (Lipinski definition) is 10. The summed E-state index contributed by atoms with van der Waals surface area (Å²) < 4.78 is 31.6. The van der Waals surface area contributed by atoms with Crippen molar-refractivity contribution in [2.24, 2.45) is 0 Å². The molecule has 12 N–H and O–H groups in total. The second-order valence-electron chi connectivity index (χ2n) is 3.58. The van der Waals surface area contributed by atoms with Gasteiger partial charge in [-0.3, -0.25) is 19.1 Å². The van der Waals surface area contributed by atoms with Crippen LogP contribution >= 0.6 is 0 Å². The SMILES string of the molecule is Nc1cc(N)[nH]c(=O)n1.Nc1cc(N)[nH]c(=O)n1.O=S(=O)(O)O. The van der Waals surface area contributed by atoms with E-state index in [1.807, 2.05) is 0 Å². The molecule has 0 atom stereocenters. The summed E-state index contributed by atoms with van der Waals surface area (Å²) in [5.41, 5.74) is 19.6. The van der Waals surface area contributed by atoms with Crippen LogP contribution in [-0.4, -0.2) is 37.5 Å². The molecular formula is C8H14N8O6S. The first-order chi connectivity index (χ1) is 10.4. The molecule has 14 nitrogen and oxygen atoms in total. The third-order valence-electron chi connectivity index (χ3n) is 1.57. The molecular weight excluding hydrogens is 336 g/mol. The molecule has 0 saturated heterocycles. The molecule has 128 valence electrons. The van der Waals surface area contributed by atoms with Gasteiger partial charge in [-0.2, -0.15) is 18.4 Å². The summed E-state index contributed by atoms with van der Waals surface area (Å²) >= 11 is 0. The van der Waals surface area contributed by atoms with Crippen molar-refractivity contribution < 1.29 is 17.5 Å². The van der Waals surface area contributed by atoms with E-state index in [-0.39, 0.29) is 23.3 Å². The lowest BCUT2D eigenvalue weighted by molar-refractivity contribution is 0.381. The zero-order valence-corrected chi connectivity index (χ0v) is 12.1. The molecule has 0 fully saturated rings. The number of nitrogens with one attached hydrogen (secondary N) is 2. The fourth-order valence-corrected chi connectivity index (χ4v) is 0.993. The van der Waals surface area contributed by atoms with Crippen LogP contribution in [-0.2, 0) is 10.4 Å². The predicted octanol–water partition coefficient (Wildman–Crippen LogP) is -2.78. The highest BCUT2D eigenvalue weighted by atomic mass is 32.3. The van der Waals surface area contributed by atoms with Gasteiger partial charge in [0.2, 0.25) is 0 Å². The minimum Gasteiger partial charge on any atom is -0.385 e. The van der Waals surface area contributed by atoms with Crippen LogP contribution in [0.4, 0.5) is 23.3 Å². The predicted molar refractivity (Wildman–Crippen MR) is 81.5 cm³/mol. The van der Waals surface area contributed by atoms with Gasteiger partial charge in [0.05, 0.1) is 0 Å². The zero-order chi connectivity index (χ0) is 18.2. The first-order valence-corrected chi connectivity index (χ1v) is 6.71. The summed E-state index contributed by atoms with van der Waals surface area (Å²) in [6.07, 6.45) is 0. The summed E-state index contributed by atoms with van der Waals surface area (Å²) in [6, 6.07) is 2.75. The van der Waals surface area contributed by atoms with Crippen LogP contribution in [0, 0.1) is 0 Å². The third-order valence-corrected chi connectivity index (χ3v) is 1.57. The fourth-order valence-electron chi connectivity index (χ4n) is 0.993. The van der Waals surface area contributed by atoms with E-state index in [0.717, 1.165) is 0 Å². The lowest BCUT2D eigenvalue weighted by atomic mass is 10.5. The largest absolute Gasteiger partial charge is 0.394 e. The van der Waals surface area contributed by atoms with E-state index in [9.17, 15) is 9.59 Å². The van der Waals surface area contributed by atoms with Crippen molar-refractivity contribution in [1.29, 1.82) is 0 Å². The quantitative estimate of drug-likeness (QED) is 0.224. The number of rotatable bonds is 0. The number of aromatic nitrogens is 4. The van der Waals surface area contributed by atoms with Crippen LogP contribution in [0.5, 0.6) is 0 Å². The maximum atomic E-state index is 10.4. The van der Waals surface area contributed by atoms with Crippen LogP contribution < -0.4 is 34.3 Å². The highest BCUT2D eigenvalue weighted by Gasteiger charge is 1.90. The molecule has 2 aromatic rings. The standard InChI is InChI=1S/2C4H6N4O.H2O4S/c2*5-2-1-3(6)8-4(9)7-2;1-5(2,3)4/h2*1H,(H5,5,6,7,8,9);(H2,1,2,3,4). The minimum absolute atomic E-state index is 0.135. The maximum absolute atomic E-state index is 10.4. The van der Waals surface area contributed by atoms with Crippen LogP contribution in [0.25, 0.3) is 0 Å². The number of aromatic amines is 2. The molecule has 0 aliphatic heterocycles. The molecule has 0 radical (unpaired) electrons. The van der Waals surface area contributed by atoms with E-state index >= 15 is 0 Å². The normalized spacial score (nSPS) is 9.83. The Hall–Kier alpha value is -3.17. The summed E-state index contributed by atoms with van der Waals surface area (Å²) in [4.78, 5) is 31.9. The molecule has 0 aromatic carbocycles. The molecule has 0 spiro atoms. The molecule has 0 aliphatic rings. The molecule has 2 heterocycles. The van der Waals surface area contributed by atoms with Crippen molar-refractivity contribution in [1.82, 2.24) is 19.9 Å². The van der Waals surface area contributed by atoms with Crippen LogP contribution in [0.15, 0.2) is 21.7 Å². The highest BCUT2D eigenvalue weighted by Crippen LogP contribution is 1.95. The molecule has 0 amide bonds. The van der Waals surface area contributed by atoms with Crippen LogP contribution in [0.2, 0.25) is 0 Å². The van der Waals surface area contributed by atoms with Crippen molar-refractivity contribution in [3.63, 3.8) is 0 Å². The van der Waals surface area contributed by atoms with Gasteiger partial charge in [0.25, 0.3) is 0 Å². The van der Waals surface area contributed by atoms with E-state index in [2.05, 4.69) is 19.9 Å². The Morgan fingerprint density at radius 3 is 1.26 bits per heavy atom. The second-order valence-corrected chi connectivity index (χ2v) is 4.48. The average Bonchev–Trinajstić information content (AvgIpc) is 2.22. The Kier molecular flexibility index (Phi) is 7.17. The Labute approximate surface area is 128 Å². The van der Waals surface area contributed by atoms with Gasteiger partial charge in [0.15, 0.2) is 0 Å². The first kappa shape index (κ1) is 19.8. The lowest BCUT2D eigenvalue weighted by Crippen LogP contribution is -2.13. The zero-order valence-electron chi connectivity index (χ0n) is 11.3. The molecule has 0 saturated carbocycles. The van der Waals surface area contributed by atoms with Gasteiger partial charge >= 0.3 is 21.8 Å². The molecule has 0 aliphatic carbocycles. The van der Waals surface area contributed by atoms with Gasteiger partial charge in [-0.25, -0.2) is 9.59 Å². The Bertz CT molecular complexity index is 747. The Morgan fingerprint density at radius 2 is 1.09 bits per heavy atom. The van der Waals surface area contributed by atoms with Crippen molar-refractivity contribution in [2.45, 2.75) is 0 Å². The lowest BCUT2D eigenvalue weighted by Gasteiger charge is -1.90. The highest BCUT2D eigenvalue weighted by molar-refractivity contribution is 7.79. The number of anilines is 4. The number of nitrogen functional groups attached to an aromatic ring is 4. The minimum atomic E-state index is -4.67. The van der Waals surface area contributed by atoms with E-state index in [1.54, 1.807) is 0 Å². The van der Waals surface area contributed by atoms with Gasteiger partial charge in [-0.15, -0.1) is 0 Å². The van der Waals surface area contributed by atoms with Gasteiger partial charge in [-0.1, -0.05) is 0 Å². The summed E-state index contributed by atoms with van der Waals surface area (Å²) in [7, 11) is -4.67. The van der Waals surface area contributed by atoms with E-state index in [0.29, 0.717) is 0 Å². The molecule has 0 unspecified atom stereocenters. The number of hydrogen-bond donors (Lipinski definition) is 8. The van der Waals surface area contributed by atoms with Crippen molar-refractivity contribution in [3.8, 4) is 0 Å². The second kappa shape index (κ2) is 8.32. The van der Waals surface area contributed by atoms with Crippen LogP contribution in [0.3, 0.4) is 0 Å². The molecule has 0 bridgehead atoms. The van der Waals surface area contributed by atoms with Crippen molar-refractivity contribution in [3.05, 3.63) is 33.1 Å². The third kappa shape index (κ3) is 12.3.